The molecular weight excluding hydrogens is 352 g/mol. The van der Waals surface area contributed by atoms with Crippen molar-refractivity contribution in [1.82, 2.24) is 14.8 Å². The molecule has 1 atom stereocenters. The number of sulfone groups is 1. The highest BCUT2D eigenvalue weighted by molar-refractivity contribution is 7.91. The van der Waals surface area contributed by atoms with Gasteiger partial charge in [-0.25, -0.2) is 13.4 Å². The lowest BCUT2D eigenvalue weighted by Crippen LogP contribution is -2.52. The van der Waals surface area contributed by atoms with Crippen molar-refractivity contribution in [3.05, 3.63) is 24.4 Å². The van der Waals surface area contributed by atoms with Gasteiger partial charge in [0.2, 0.25) is 5.91 Å². The molecule has 3 fully saturated rings. The average Bonchev–Trinajstić information content (AvgIpc) is 3.39. The lowest BCUT2D eigenvalue weighted by Gasteiger charge is -2.37. The van der Waals surface area contributed by atoms with Gasteiger partial charge in [-0.15, -0.1) is 0 Å². The number of rotatable bonds is 5. The molecule has 3 aliphatic rings. The van der Waals surface area contributed by atoms with E-state index in [1.165, 1.54) is 0 Å². The molecular formula is C18H26N4O3S. The van der Waals surface area contributed by atoms with Crippen molar-refractivity contribution in [1.29, 1.82) is 0 Å². The van der Waals surface area contributed by atoms with Crippen molar-refractivity contribution < 1.29 is 13.2 Å². The predicted molar refractivity (Wildman–Crippen MR) is 99.8 cm³/mol. The number of carbonyl (C=O) groups is 1. The minimum Gasteiger partial charge on any atom is -0.354 e. The lowest BCUT2D eigenvalue weighted by molar-refractivity contribution is -0.135. The topological polar surface area (TPSA) is 73.8 Å². The molecule has 1 amide bonds. The van der Waals surface area contributed by atoms with Crippen LogP contribution in [-0.2, 0) is 14.6 Å². The second kappa shape index (κ2) is 7.15. The average molecular weight is 378 g/mol. The summed E-state index contributed by atoms with van der Waals surface area (Å²) in [6.45, 7) is 3.74. The molecule has 4 rings (SSSR count). The zero-order valence-electron chi connectivity index (χ0n) is 15.0. The molecule has 0 bridgehead atoms. The summed E-state index contributed by atoms with van der Waals surface area (Å²) in [4.78, 5) is 23.6. The first kappa shape index (κ1) is 17.7. The molecule has 0 radical (unpaired) electrons. The van der Waals surface area contributed by atoms with Gasteiger partial charge in [0.15, 0.2) is 9.84 Å². The van der Waals surface area contributed by atoms with Crippen LogP contribution in [0.1, 0.15) is 19.3 Å². The van der Waals surface area contributed by atoms with E-state index in [0.717, 1.165) is 44.8 Å². The van der Waals surface area contributed by atoms with E-state index in [-0.39, 0.29) is 29.5 Å². The number of pyridine rings is 1. The van der Waals surface area contributed by atoms with E-state index >= 15 is 0 Å². The summed E-state index contributed by atoms with van der Waals surface area (Å²) in [6.07, 6.45) is 4.41. The van der Waals surface area contributed by atoms with Crippen LogP contribution in [0.25, 0.3) is 0 Å². The van der Waals surface area contributed by atoms with Crippen molar-refractivity contribution in [3.63, 3.8) is 0 Å². The molecule has 1 aromatic heterocycles. The zero-order valence-corrected chi connectivity index (χ0v) is 15.8. The van der Waals surface area contributed by atoms with Gasteiger partial charge in [-0.3, -0.25) is 9.69 Å². The Balaban J connectivity index is 1.33. The van der Waals surface area contributed by atoms with Crippen LogP contribution in [0.5, 0.6) is 0 Å². The van der Waals surface area contributed by atoms with Crippen LogP contribution >= 0.6 is 0 Å². The van der Waals surface area contributed by atoms with Crippen molar-refractivity contribution in [2.24, 2.45) is 0 Å². The Labute approximate surface area is 154 Å². The van der Waals surface area contributed by atoms with Crippen LogP contribution in [0.2, 0.25) is 0 Å². The van der Waals surface area contributed by atoms with Gasteiger partial charge in [0.25, 0.3) is 0 Å². The number of aromatic nitrogens is 1. The van der Waals surface area contributed by atoms with Crippen LogP contribution in [0.4, 0.5) is 5.82 Å². The van der Waals surface area contributed by atoms with Crippen LogP contribution < -0.4 is 4.90 Å². The summed E-state index contributed by atoms with van der Waals surface area (Å²) >= 11 is 0. The lowest BCUT2D eigenvalue weighted by atomic mass is 10.2. The van der Waals surface area contributed by atoms with Crippen LogP contribution in [0.3, 0.4) is 0 Å². The fraction of sp³-hybridized carbons (Fsp3) is 0.667. The summed E-state index contributed by atoms with van der Waals surface area (Å²) in [5, 5.41) is 0. The minimum absolute atomic E-state index is 0.0980. The monoisotopic (exact) mass is 378 g/mol. The predicted octanol–water partition coefficient (Wildman–Crippen LogP) is 0.382. The fourth-order valence-electron chi connectivity index (χ4n) is 4.00. The first-order valence-electron chi connectivity index (χ1n) is 9.42. The minimum atomic E-state index is -2.97. The van der Waals surface area contributed by atoms with Crippen LogP contribution in [-0.4, -0.2) is 85.4 Å². The maximum atomic E-state index is 12.9. The third-order valence-corrected chi connectivity index (χ3v) is 7.28. The summed E-state index contributed by atoms with van der Waals surface area (Å²) in [6, 6.07) is 6.05. The molecule has 0 spiro atoms. The summed E-state index contributed by atoms with van der Waals surface area (Å²) in [5.41, 5.74) is 0. The Kier molecular flexibility index (Phi) is 4.88. The van der Waals surface area contributed by atoms with E-state index in [9.17, 15) is 13.2 Å². The highest BCUT2D eigenvalue weighted by atomic mass is 32.2. The summed E-state index contributed by atoms with van der Waals surface area (Å²) in [5.74, 6) is 1.44. The second-order valence-electron chi connectivity index (χ2n) is 7.54. The Morgan fingerprint density at radius 1 is 1.12 bits per heavy atom. The second-order valence-corrected chi connectivity index (χ2v) is 9.77. The molecule has 142 valence electrons. The van der Waals surface area contributed by atoms with E-state index in [1.54, 1.807) is 6.20 Å². The third kappa shape index (κ3) is 4.01. The normalized spacial score (nSPS) is 26.0. The maximum absolute atomic E-state index is 12.9. The highest BCUT2D eigenvalue weighted by Crippen LogP contribution is 2.32. The van der Waals surface area contributed by atoms with Crippen molar-refractivity contribution in [3.8, 4) is 0 Å². The Morgan fingerprint density at radius 3 is 2.46 bits per heavy atom. The first-order valence-corrected chi connectivity index (χ1v) is 11.2. The molecule has 2 aliphatic heterocycles. The number of carbonyl (C=O) groups excluding carboxylic acids is 1. The van der Waals surface area contributed by atoms with E-state index in [2.05, 4.69) is 14.8 Å². The van der Waals surface area contributed by atoms with Gasteiger partial charge >= 0.3 is 0 Å². The Bertz CT molecular complexity index is 743. The highest BCUT2D eigenvalue weighted by Gasteiger charge is 2.42. The molecule has 2 saturated heterocycles. The fourth-order valence-corrected chi connectivity index (χ4v) is 5.71. The van der Waals surface area contributed by atoms with Gasteiger partial charge in [-0.2, -0.15) is 0 Å². The van der Waals surface area contributed by atoms with Crippen molar-refractivity contribution in [2.75, 3.05) is 49.1 Å². The van der Waals surface area contributed by atoms with E-state index in [4.69, 9.17) is 0 Å². The number of hydrogen-bond acceptors (Lipinski definition) is 6. The molecule has 1 saturated carbocycles. The van der Waals surface area contributed by atoms with Gasteiger partial charge in [-0.05, 0) is 31.4 Å². The summed E-state index contributed by atoms with van der Waals surface area (Å²) in [7, 11) is -2.97. The number of amides is 1. The zero-order chi connectivity index (χ0) is 18.1. The molecule has 0 unspecified atom stereocenters. The van der Waals surface area contributed by atoms with E-state index in [1.807, 2.05) is 23.1 Å². The SMILES string of the molecule is O=C(CN1CCN(c2ccccn2)CC1)N(C1CC1)[C@H]1CCS(=O)(=O)C1. The first-order chi connectivity index (χ1) is 12.5. The van der Waals surface area contributed by atoms with Gasteiger partial charge in [0.05, 0.1) is 18.1 Å². The van der Waals surface area contributed by atoms with Gasteiger partial charge < -0.3 is 9.80 Å². The van der Waals surface area contributed by atoms with Gasteiger partial charge in [-0.1, -0.05) is 6.07 Å². The molecule has 26 heavy (non-hydrogen) atoms. The molecule has 0 N–H and O–H groups in total. The molecule has 1 aromatic rings. The number of anilines is 1. The summed E-state index contributed by atoms with van der Waals surface area (Å²) < 4.78 is 23.6. The Morgan fingerprint density at radius 2 is 1.88 bits per heavy atom. The van der Waals surface area contributed by atoms with Crippen molar-refractivity contribution >= 4 is 21.6 Å². The number of hydrogen-bond donors (Lipinski definition) is 0. The van der Waals surface area contributed by atoms with Crippen LogP contribution in [0.15, 0.2) is 24.4 Å². The molecule has 0 aromatic carbocycles. The Hall–Kier alpha value is -1.67. The molecule has 8 heteroatoms. The van der Waals surface area contributed by atoms with E-state index < -0.39 is 9.84 Å². The molecule has 7 nitrogen and oxygen atoms in total. The number of piperazine rings is 1. The maximum Gasteiger partial charge on any atom is 0.237 e. The van der Waals surface area contributed by atoms with Crippen LogP contribution in [0, 0.1) is 0 Å². The third-order valence-electron chi connectivity index (χ3n) is 5.53. The van der Waals surface area contributed by atoms with Crippen molar-refractivity contribution in [2.45, 2.75) is 31.3 Å². The standard InChI is InChI=1S/C18H26N4O3S/c23-18(22(15-4-5-15)16-6-12-26(24,25)14-16)13-20-8-10-21(11-9-20)17-3-1-2-7-19-17/h1-3,7,15-16H,4-6,8-14H2/t16-/m0/s1. The smallest absolute Gasteiger partial charge is 0.237 e. The van der Waals surface area contributed by atoms with E-state index in [0.29, 0.717) is 13.0 Å². The largest absolute Gasteiger partial charge is 0.354 e. The molecule has 1 aliphatic carbocycles. The quantitative estimate of drug-likeness (QED) is 0.738. The van der Waals surface area contributed by atoms with Gasteiger partial charge in [0, 0.05) is 44.5 Å². The van der Waals surface area contributed by atoms with Gasteiger partial charge in [0.1, 0.15) is 5.82 Å². The number of nitrogens with zero attached hydrogens (tertiary/aromatic N) is 4. The molecule has 3 heterocycles.